The number of carbonyl (C=O) groups excluding carboxylic acids is 4. The lowest BCUT2D eigenvalue weighted by Crippen LogP contribution is -2.47. The van der Waals surface area contributed by atoms with Crippen LogP contribution < -0.4 is 14.2 Å². The van der Waals surface area contributed by atoms with Crippen molar-refractivity contribution < 1.29 is 52.4 Å². The summed E-state index contributed by atoms with van der Waals surface area (Å²) in [6.07, 6.45) is 4.10. The maximum Gasteiger partial charge on any atom is 0.349 e. The quantitative estimate of drug-likeness (QED) is 0.134. The van der Waals surface area contributed by atoms with Crippen molar-refractivity contribution >= 4 is 23.9 Å². The first kappa shape index (κ1) is 39.3. The fraction of sp³-hybridized carbons (Fsp3) is 0.476. The molecule has 2 aliphatic rings. The summed E-state index contributed by atoms with van der Waals surface area (Å²) in [5, 5.41) is 9.67. The summed E-state index contributed by atoms with van der Waals surface area (Å²) >= 11 is 0. The van der Waals surface area contributed by atoms with Gasteiger partial charge in [0.1, 0.15) is 40.0 Å². The van der Waals surface area contributed by atoms with Crippen molar-refractivity contribution in [2.45, 2.75) is 111 Å². The maximum absolute atomic E-state index is 14.4. The number of carbonyl (C=O) groups is 4. The summed E-state index contributed by atoms with van der Waals surface area (Å²) in [4.78, 5) is 55.8. The number of rotatable bonds is 13. The highest BCUT2D eigenvalue weighted by atomic mass is 19.1. The SMILES string of the molecule is CCC1(OC(=O)C(C)(CC(C)(C)C(=O)Oc2ccc(O)cc2)CC(C)(CC)C(=O)Oc2cccc3c2C(=O)OC(C)(c2ccc(F)cc2)O3)CCCC1. The van der Waals surface area contributed by atoms with E-state index in [9.17, 15) is 28.7 Å². The molecular formula is C42H49FO10. The Balaban J connectivity index is 1.43. The second kappa shape index (κ2) is 14.8. The Morgan fingerprint density at radius 1 is 0.811 bits per heavy atom. The number of fused-ring (bicyclic) bond motifs is 1. The standard InChI is InChI=1S/C42H49FO10/c1-8-39(5,36(47)50-31-13-12-14-32-33(31)34(45)52-41(7,51-32)27-15-17-28(43)18-16-27)26-40(6,37(48)53-42(9-2)23-10-11-24-42)25-38(3,4)35(46)49-30-21-19-29(44)20-22-30/h12-22,44H,8-11,23-26H2,1-7H3. The number of cyclic esters (lactones) is 1. The van der Waals surface area contributed by atoms with Gasteiger partial charge in [-0.1, -0.05) is 19.9 Å². The molecule has 3 aromatic carbocycles. The molecule has 0 amide bonds. The largest absolute Gasteiger partial charge is 0.508 e. The Morgan fingerprint density at radius 2 is 1.45 bits per heavy atom. The highest BCUT2D eigenvalue weighted by Crippen LogP contribution is 2.49. The van der Waals surface area contributed by atoms with Crippen LogP contribution in [0.3, 0.4) is 0 Å². The minimum absolute atomic E-state index is 0.0192. The predicted octanol–water partition coefficient (Wildman–Crippen LogP) is 8.96. The number of phenols is 1. The van der Waals surface area contributed by atoms with E-state index in [-0.39, 0.29) is 47.8 Å². The monoisotopic (exact) mass is 732 g/mol. The predicted molar refractivity (Wildman–Crippen MR) is 193 cm³/mol. The Morgan fingerprint density at radius 3 is 2.06 bits per heavy atom. The molecule has 1 N–H and O–H groups in total. The minimum atomic E-state index is -1.56. The zero-order valence-corrected chi connectivity index (χ0v) is 31.5. The Hall–Kier alpha value is -4.93. The third-order valence-corrected chi connectivity index (χ3v) is 10.8. The zero-order valence-electron chi connectivity index (χ0n) is 31.5. The van der Waals surface area contributed by atoms with Crippen LogP contribution in [0.2, 0.25) is 0 Å². The normalized spacial score (nSPS) is 20.1. The van der Waals surface area contributed by atoms with Crippen molar-refractivity contribution in [2.24, 2.45) is 16.2 Å². The molecule has 0 spiro atoms. The zero-order chi connectivity index (χ0) is 38.8. The number of aromatic hydroxyl groups is 1. The van der Waals surface area contributed by atoms with Crippen LogP contribution in [0.15, 0.2) is 66.7 Å². The van der Waals surface area contributed by atoms with E-state index in [1.807, 2.05) is 6.92 Å². The first-order valence-electron chi connectivity index (χ1n) is 18.1. The van der Waals surface area contributed by atoms with Gasteiger partial charge in [-0.3, -0.25) is 14.4 Å². The van der Waals surface area contributed by atoms with Crippen LogP contribution in [0.1, 0.15) is 116 Å². The van der Waals surface area contributed by atoms with Crippen molar-refractivity contribution in [1.29, 1.82) is 0 Å². The lowest BCUT2D eigenvalue weighted by atomic mass is 9.65. The van der Waals surface area contributed by atoms with Gasteiger partial charge in [0.25, 0.3) is 5.79 Å². The summed E-state index contributed by atoms with van der Waals surface area (Å²) in [6.45, 7) is 12.1. The Labute approximate surface area is 309 Å². The summed E-state index contributed by atoms with van der Waals surface area (Å²) in [6, 6.07) is 15.7. The van der Waals surface area contributed by atoms with E-state index in [4.69, 9.17) is 23.7 Å². The van der Waals surface area contributed by atoms with Crippen molar-refractivity contribution in [1.82, 2.24) is 0 Å². The molecule has 1 aliphatic carbocycles. The van der Waals surface area contributed by atoms with E-state index in [1.165, 1.54) is 61.5 Å². The van der Waals surface area contributed by atoms with E-state index in [0.29, 0.717) is 12.0 Å². The lowest BCUT2D eigenvalue weighted by Gasteiger charge is -2.41. The van der Waals surface area contributed by atoms with Crippen molar-refractivity contribution in [3.05, 3.63) is 83.7 Å². The van der Waals surface area contributed by atoms with Gasteiger partial charge in [-0.25, -0.2) is 9.18 Å². The molecule has 0 saturated heterocycles. The number of benzene rings is 3. The van der Waals surface area contributed by atoms with Crippen molar-refractivity contribution in [3.8, 4) is 23.0 Å². The molecule has 1 aliphatic heterocycles. The Bertz CT molecular complexity index is 1850. The number of hydrogen-bond donors (Lipinski definition) is 1. The number of hydrogen-bond acceptors (Lipinski definition) is 10. The number of halogens is 1. The van der Waals surface area contributed by atoms with Gasteiger partial charge in [0.15, 0.2) is 0 Å². The van der Waals surface area contributed by atoms with Gasteiger partial charge in [0.2, 0.25) is 0 Å². The summed E-state index contributed by atoms with van der Waals surface area (Å²) in [7, 11) is 0. The smallest absolute Gasteiger partial charge is 0.349 e. The molecular weight excluding hydrogens is 683 g/mol. The molecule has 1 saturated carbocycles. The first-order chi connectivity index (χ1) is 24.9. The van der Waals surface area contributed by atoms with Gasteiger partial charge >= 0.3 is 23.9 Å². The topological polar surface area (TPSA) is 135 Å². The van der Waals surface area contributed by atoms with Crippen LogP contribution in [0.5, 0.6) is 23.0 Å². The van der Waals surface area contributed by atoms with E-state index in [0.717, 1.165) is 25.7 Å². The highest BCUT2D eigenvalue weighted by Gasteiger charge is 2.52. The fourth-order valence-corrected chi connectivity index (χ4v) is 7.52. The average molecular weight is 733 g/mol. The molecule has 3 aromatic rings. The van der Waals surface area contributed by atoms with Crippen molar-refractivity contribution in [2.75, 3.05) is 0 Å². The highest BCUT2D eigenvalue weighted by molar-refractivity contribution is 5.98. The van der Waals surface area contributed by atoms with Crippen LogP contribution in [0, 0.1) is 22.1 Å². The van der Waals surface area contributed by atoms with E-state index in [1.54, 1.807) is 46.8 Å². The van der Waals surface area contributed by atoms with Crippen LogP contribution >= 0.6 is 0 Å². The van der Waals surface area contributed by atoms with E-state index in [2.05, 4.69) is 0 Å². The number of esters is 4. The second-order valence-corrected chi connectivity index (χ2v) is 15.7. The van der Waals surface area contributed by atoms with Crippen LogP contribution in [-0.4, -0.2) is 34.6 Å². The molecule has 5 rings (SSSR count). The molecule has 53 heavy (non-hydrogen) atoms. The third kappa shape index (κ3) is 8.34. The van der Waals surface area contributed by atoms with E-state index < -0.39 is 57.3 Å². The maximum atomic E-state index is 14.4. The second-order valence-electron chi connectivity index (χ2n) is 15.7. The summed E-state index contributed by atoms with van der Waals surface area (Å²) in [5.74, 6) is -4.38. The molecule has 1 heterocycles. The summed E-state index contributed by atoms with van der Waals surface area (Å²) < 4.78 is 43.4. The van der Waals surface area contributed by atoms with Crippen LogP contribution in [0.25, 0.3) is 0 Å². The molecule has 3 atom stereocenters. The van der Waals surface area contributed by atoms with Gasteiger partial charge < -0.3 is 28.8 Å². The minimum Gasteiger partial charge on any atom is -0.508 e. The molecule has 0 aromatic heterocycles. The molecule has 284 valence electrons. The molecule has 3 unspecified atom stereocenters. The molecule has 10 nitrogen and oxygen atoms in total. The van der Waals surface area contributed by atoms with Gasteiger partial charge in [-0.05, 0) is 140 Å². The van der Waals surface area contributed by atoms with Crippen LogP contribution in [0.4, 0.5) is 4.39 Å². The van der Waals surface area contributed by atoms with Crippen molar-refractivity contribution in [3.63, 3.8) is 0 Å². The Kier molecular flexibility index (Phi) is 11.0. The van der Waals surface area contributed by atoms with Gasteiger partial charge in [0.05, 0.1) is 16.2 Å². The summed E-state index contributed by atoms with van der Waals surface area (Å²) in [5.41, 5.74) is -4.22. The molecule has 11 heteroatoms. The molecule has 0 bridgehead atoms. The van der Waals surface area contributed by atoms with Gasteiger partial charge in [0, 0.05) is 12.5 Å². The molecule has 1 fully saturated rings. The van der Waals surface area contributed by atoms with Gasteiger partial charge in [-0.2, -0.15) is 0 Å². The average Bonchev–Trinajstić information content (AvgIpc) is 3.57. The third-order valence-electron chi connectivity index (χ3n) is 10.8. The number of ether oxygens (including phenoxy) is 5. The van der Waals surface area contributed by atoms with E-state index >= 15 is 0 Å². The van der Waals surface area contributed by atoms with Gasteiger partial charge in [-0.15, -0.1) is 0 Å². The lowest BCUT2D eigenvalue weighted by molar-refractivity contribution is -0.178. The fourth-order valence-electron chi connectivity index (χ4n) is 7.52. The number of phenolic OH excluding ortho intramolecular Hbond substituents is 1. The first-order valence-corrected chi connectivity index (χ1v) is 18.1. The van der Waals surface area contributed by atoms with Crippen LogP contribution in [-0.2, 0) is 29.6 Å². The molecule has 0 radical (unpaired) electrons.